The Hall–Kier alpha value is -2.56. The highest BCUT2D eigenvalue weighted by atomic mass is 16.5. The van der Waals surface area contributed by atoms with E-state index in [-0.39, 0.29) is 12.2 Å². The van der Waals surface area contributed by atoms with E-state index in [0.717, 1.165) is 0 Å². The van der Waals surface area contributed by atoms with Crippen molar-refractivity contribution < 1.29 is 19.4 Å². The molecule has 0 radical (unpaired) electrons. The zero-order chi connectivity index (χ0) is 13.7. The number of pyridine rings is 1. The Morgan fingerprint density at radius 2 is 2.05 bits per heavy atom. The summed E-state index contributed by atoms with van der Waals surface area (Å²) in [5, 5.41) is 9.03. The monoisotopic (exact) mass is 259 g/mol. The molecule has 0 bridgehead atoms. The molecule has 0 saturated carbocycles. The maximum atomic E-state index is 11.0. The molecule has 5 nitrogen and oxygen atoms in total. The van der Waals surface area contributed by atoms with Gasteiger partial charge >= 0.3 is 5.97 Å². The standard InChI is InChI=1S/C14H13NO4/c1-18-10-4-2-5-11(8-10)19-9-13-12(14(16)17)6-3-7-15-13/h2-8H,9H2,1H3,(H,16,17). The molecule has 0 aliphatic rings. The minimum Gasteiger partial charge on any atom is -0.497 e. The van der Waals surface area contributed by atoms with E-state index in [0.29, 0.717) is 17.2 Å². The average Bonchev–Trinajstić information content (AvgIpc) is 2.45. The Balaban J connectivity index is 2.12. The molecular formula is C14H13NO4. The summed E-state index contributed by atoms with van der Waals surface area (Å²) >= 11 is 0. The molecule has 1 N–H and O–H groups in total. The number of ether oxygens (including phenoxy) is 2. The van der Waals surface area contributed by atoms with Crippen LogP contribution in [0.3, 0.4) is 0 Å². The first kappa shape index (κ1) is 12.9. The summed E-state index contributed by atoms with van der Waals surface area (Å²) in [5.41, 5.74) is 0.531. The predicted molar refractivity (Wildman–Crippen MR) is 68.5 cm³/mol. The fourth-order valence-electron chi connectivity index (χ4n) is 1.59. The molecule has 0 saturated heterocycles. The molecule has 2 aromatic rings. The lowest BCUT2D eigenvalue weighted by Gasteiger charge is -2.08. The Labute approximate surface area is 110 Å². The fourth-order valence-corrected chi connectivity index (χ4v) is 1.59. The summed E-state index contributed by atoms with van der Waals surface area (Å²) in [5.74, 6) is 0.260. The van der Waals surface area contributed by atoms with Crippen LogP contribution in [0.1, 0.15) is 16.1 Å². The van der Waals surface area contributed by atoms with Gasteiger partial charge in [-0.25, -0.2) is 4.79 Å². The van der Waals surface area contributed by atoms with Crippen molar-refractivity contribution in [3.8, 4) is 11.5 Å². The van der Waals surface area contributed by atoms with Gasteiger partial charge in [0.15, 0.2) is 0 Å². The average molecular weight is 259 g/mol. The molecule has 5 heteroatoms. The number of aromatic nitrogens is 1. The van der Waals surface area contributed by atoms with Crippen LogP contribution in [0.25, 0.3) is 0 Å². The van der Waals surface area contributed by atoms with E-state index in [1.54, 1.807) is 37.4 Å². The zero-order valence-electron chi connectivity index (χ0n) is 10.4. The highest BCUT2D eigenvalue weighted by Gasteiger charge is 2.10. The SMILES string of the molecule is COc1cccc(OCc2ncccc2C(=O)O)c1. The molecule has 1 heterocycles. The second-order valence-corrected chi connectivity index (χ2v) is 3.77. The van der Waals surface area contributed by atoms with Crippen LogP contribution in [0.15, 0.2) is 42.6 Å². The van der Waals surface area contributed by atoms with Crippen LogP contribution in [0.4, 0.5) is 0 Å². The molecule has 2 rings (SSSR count). The van der Waals surface area contributed by atoms with Gasteiger partial charge in [-0.3, -0.25) is 4.98 Å². The lowest BCUT2D eigenvalue weighted by atomic mass is 10.2. The van der Waals surface area contributed by atoms with Crippen molar-refractivity contribution in [2.24, 2.45) is 0 Å². The Morgan fingerprint density at radius 3 is 2.79 bits per heavy atom. The molecule has 0 amide bonds. The summed E-state index contributed by atoms with van der Waals surface area (Å²) in [6.45, 7) is 0.0929. The van der Waals surface area contributed by atoms with Gasteiger partial charge < -0.3 is 14.6 Å². The van der Waals surface area contributed by atoms with Crippen molar-refractivity contribution in [1.29, 1.82) is 0 Å². The third-order valence-electron chi connectivity index (χ3n) is 2.54. The maximum Gasteiger partial charge on any atom is 0.337 e. The third-order valence-corrected chi connectivity index (χ3v) is 2.54. The van der Waals surface area contributed by atoms with E-state index < -0.39 is 5.97 Å². The molecule has 19 heavy (non-hydrogen) atoms. The Bertz CT molecular complexity index is 583. The van der Waals surface area contributed by atoms with Gasteiger partial charge in [-0.15, -0.1) is 0 Å². The van der Waals surface area contributed by atoms with Crippen LogP contribution >= 0.6 is 0 Å². The minimum atomic E-state index is -1.02. The molecule has 98 valence electrons. The lowest BCUT2D eigenvalue weighted by molar-refractivity contribution is 0.0693. The third kappa shape index (κ3) is 3.22. The Morgan fingerprint density at radius 1 is 1.26 bits per heavy atom. The summed E-state index contributed by atoms with van der Waals surface area (Å²) in [4.78, 5) is 15.0. The van der Waals surface area contributed by atoms with E-state index in [1.165, 1.54) is 12.3 Å². The van der Waals surface area contributed by atoms with Gasteiger partial charge in [0, 0.05) is 12.3 Å². The number of aromatic carboxylic acids is 1. The summed E-state index contributed by atoms with van der Waals surface area (Å²) in [6.07, 6.45) is 1.54. The zero-order valence-corrected chi connectivity index (χ0v) is 10.4. The highest BCUT2D eigenvalue weighted by molar-refractivity contribution is 5.88. The van der Waals surface area contributed by atoms with Gasteiger partial charge in [0.05, 0.1) is 18.4 Å². The molecule has 1 aromatic carbocycles. The maximum absolute atomic E-state index is 11.0. The van der Waals surface area contributed by atoms with Crippen molar-refractivity contribution in [3.63, 3.8) is 0 Å². The number of benzene rings is 1. The van der Waals surface area contributed by atoms with Crippen LogP contribution in [0, 0.1) is 0 Å². The van der Waals surface area contributed by atoms with Crippen LogP contribution in [0.2, 0.25) is 0 Å². The van der Waals surface area contributed by atoms with E-state index in [1.807, 2.05) is 0 Å². The molecule has 0 spiro atoms. The minimum absolute atomic E-state index is 0.0929. The molecule has 1 aromatic heterocycles. The number of carbonyl (C=O) groups is 1. The first-order valence-electron chi connectivity index (χ1n) is 5.64. The number of carboxylic acid groups (broad SMARTS) is 1. The number of methoxy groups -OCH3 is 1. The van der Waals surface area contributed by atoms with Crippen molar-refractivity contribution in [3.05, 3.63) is 53.9 Å². The highest BCUT2D eigenvalue weighted by Crippen LogP contribution is 2.20. The van der Waals surface area contributed by atoms with E-state index in [2.05, 4.69) is 4.98 Å². The van der Waals surface area contributed by atoms with Crippen LogP contribution in [-0.2, 0) is 6.61 Å². The van der Waals surface area contributed by atoms with Gasteiger partial charge in [0.25, 0.3) is 0 Å². The van der Waals surface area contributed by atoms with Crippen molar-refractivity contribution in [2.75, 3.05) is 7.11 Å². The number of hydrogen-bond acceptors (Lipinski definition) is 4. The molecule has 0 aliphatic carbocycles. The number of nitrogens with zero attached hydrogens (tertiary/aromatic N) is 1. The first-order chi connectivity index (χ1) is 9.20. The van der Waals surface area contributed by atoms with Crippen LogP contribution in [0.5, 0.6) is 11.5 Å². The first-order valence-corrected chi connectivity index (χ1v) is 5.64. The van der Waals surface area contributed by atoms with Gasteiger partial charge in [0.1, 0.15) is 18.1 Å². The second kappa shape index (κ2) is 5.86. The van der Waals surface area contributed by atoms with E-state index in [4.69, 9.17) is 14.6 Å². The van der Waals surface area contributed by atoms with E-state index in [9.17, 15) is 4.79 Å². The summed E-state index contributed by atoms with van der Waals surface area (Å²) < 4.78 is 10.6. The molecule has 0 aliphatic heterocycles. The van der Waals surface area contributed by atoms with Gasteiger partial charge in [-0.1, -0.05) is 6.07 Å². The number of carboxylic acids is 1. The fraction of sp³-hybridized carbons (Fsp3) is 0.143. The number of hydrogen-bond donors (Lipinski definition) is 1. The molecule has 0 fully saturated rings. The predicted octanol–water partition coefficient (Wildman–Crippen LogP) is 2.37. The lowest BCUT2D eigenvalue weighted by Crippen LogP contribution is -2.07. The topological polar surface area (TPSA) is 68.7 Å². The number of rotatable bonds is 5. The van der Waals surface area contributed by atoms with Gasteiger partial charge in [-0.05, 0) is 24.3 Å². The Kier molecular flexibility index (Phi) is 3.97. The summed E-state index contributed by atoms with van der Waals surface area (Å²) in [6, 6.07) is 10.2. The van der Waals surface area contributed by atoms with Crippen molar-refractivity contribution in [1.82, 2.24) is 4.98 Å². The van der Waals surface area contributed by atoms with Crippen LogP contribution in [-0.4, -0.2) is 23.2 Å². The smallest absolute Gasteiger partial charge is 0.337 e. The summed E-state index contributed by atoms with van der Waals surface area (Å²) in [7, 11) is 1.57. The van der Waals surface area contributed by atoms with Crippen molar-refractivity contribution in [2.45, 2.75) is 6.61 Å². The second-order valence-electron chi connectivity index (χ2n) is 3.77. The quantitative estimate of drug-likeness (QED) is 0.892. The molecule has 0 unspecified atom stereocenters. The van der Waals surface area contributed by atoms with Gasteiger partial charge in [-0.2, -0.15) is 0 Å². The van der Waals surface area contributed by atoms with Gasteiger partial charge in [0.2, 0.25) is 0 Å². The molecule has 0 atom stereocenters. The van der Waals surface area contributed by atoms with E-state index >= 15 is 0 Å². The van der Waals surface area contributed by atoms with Crippen LogP contribution < -0.4 is 9.47 Å². The normalized spacial score (nSPS) is 9.95. The van der Waals surface area contributed by atoms with Crippen molar-refractivity contribution >= 4 is 5.97 Å². The molecular weight excluding hydrogens is 246 g/mol. The largest absolute Gasteiger partial charge is 0.497 e.